The van der Waals surface area contributed by atoms with Crippen molar-refractivity contribution in [1.29, 1.82) is 0 Å². The number of nitrogens with zero attached hydrogens (tertiary/aromatic N) is 2. The molecule has 0 aliphatic rings. The van der Waals surface area contributed by atoms with E-state index in [0.717, 1.165) is 99.5 Å². The summed E-state index contributed by atoms with van der Waals surface area (Å²) in [6.07, 6.45) is 0. The van der Waals surface area contributed by atoms with E-state index in [2.05, 4.69) is 147 Å². The fourth-order valence-electron chi connectivity index (χ4n) is 9.23. The summed E-state index contributed by atoms with van der Waals surface area (Å²) in [5, 5.41) is 8.05. The second kappa shape index (κ2) is 14.6. The van der Waals surface area contributed by atoms with E-state index < -0.39 is 0 Å². The molecule has 9 aromatic carbocycles. The zero-order valence-electron chi connectivity index (χ0n) is 34.8. The molecule has 62 heavy (non-hydrogen) atoms. The molecule has 11 aromatic rings. The van der Waals surface area contributed by atoms with Crippen LogP contribution in [0.25, 0.3) is 65.4 Å². The summed E-state index contributed by atoms with van der Waals surface area (Å²) in [4.78, 5) is 4.36. The molecule has 0 amide bonds. The van der Waals surface area contributed by atoms with Gasteiger partial charge in [0.05, 0.1) is 11.4 Å². The Morgan fingerprint density at radius 2 is 0.677 bits per heavy atom. The molecule has 0 aliphatic heterocycles. The molecule has 0 saturated carbocycles. The SMILES string of the molecule is CC(C)c1ccc(N(c2ccc(F)cc2)c2cc3oc4ccc5oc6cc(N(c7ccc(F)cc7)c7ccc(C(C)C)cc7)c7ccccc7c6c5c4c3c3ccccc23)cc1. The zero-order valence-corrected chi connectivity index (χ0v) is 34.8. The maximum absolute atomic E-state index is 14.4. The predicted molar refractivity (Wildman–Crippen MR) is 253 cm³/mol. The molecule has 0 spiro atoms. The average Bonchev–Trinajstić information content (AvgIpc) is 3.86. The highest BCUT2D eigenvalue weighted by atomic mass is 19.1. The second-order valence-electron chi connectivity index (χ2n) is 16.8. The van der Waals surface area contributed by atoms with Crippen molar-refractivity contribution in [1.82, 2.24) is 0 Å². The molecule has 4 nitrogen and oxygen atoms in total. The van der Waals surface area contributed by atoms with Gasteiger partial charge in [-0.15, -0.1) is 0 Å². The van der Waals surface area contributed by atoms with Crippen molar-refractivity contribution >= 4 is 99.5 Å². The van der Waals surface area contributed by atoms with Crippen molar-refractivity contribution in [2.24, 2.45) is 0 Å². The van der Waals surface area contributed by atoms with Crippen molar-refractivity contribution in [2.75, 3.05) is 9.80 Å². The highest BCUT2D eigenvalue weighted by Crippen LogP contribution is 2.50. The summed E-state index contributed by atoms with van der Waals surface area (Å²) in [7, 11) is 0. The molecule has 0 atom stereocenters. The van der Waals surface area contributed by atoms with Crippen LogP contribution < -0.4 is 9.80 Å². The number of benzene rings is 9. The van der Waals surface area contributed by atoms with Crippen LogP contribution in [0.3, 0.4) is 0 Å². The summed E-state index contributed by atoms with van der Waals surface area (Å²) in [6.45, 7) is 8.75. The number of anilines is 6. The molecule has 0 fully saturated rings. The van der Waals surface area contributed by atoms with Crippen LogP contribution in [0, 0.1) is 11.6 Å². The van der Waals surface area contributed by atoms with E-state index in [-0.39, 0.29) is 11.6 Å². The third kappa shape index (κ3) is 6.08. The van der Waals surface area contributed by atoms with Crippen LogP contribution >= 0.6 is 0 Å². The van der Waals surface area contributed by atoms with E-state index >= 15 is 0 Å². The minimum atomic E-state index is -0.291. The summed E-state index contributed by atoms with van der Waals surface area (Å²) >= 11 is 0. The number of hydrogen-bond acceptors (Lipinski definition) is 4. The summed E-state index contributed by atoms with van der Waals surface area (Å²) < 4.78 is 42.6. The first-order valence-corrected chi connectivity index (χ1v) is 21.2. The van der Waals surface area contributed by atoms with Crippen LogP contribution in [0.15, 0.2) is 179 Å². The Hall–Kier alpha value is -7.44. The van der Waals surface area contributed by atoms with Crippen LogP contribution in [0.5, 0.6) is 0 Å². The topological polar surface area (TPSA) is 32.8 Å². The van der Waals surface area contributed by atoms with Crippen molar-refractivity contribution < 1.29 is 17.6 Å². The van der Waals surface area contributed by atoms with Gasteiger partial charge in [-0.3, -0.25) is 0 Å². The van der Waals surface area contributed by atoms with E-state index in [4.69, 9.17) is 8.83 Å². The van der Waals surface area contributed by atoms with Crippen molar-refractivity contribution in [3.63, 3.8) is 0 Å². The number of fused-ring (bicyclic) bond motifs is 11. The first-order valence-electron chi connectivity index (χ1n) is 21.2. The first-order chi connectivity index (χ1) is 30.2. The van der Waals surface area contributed by atoms with Crippen LogP contribution in [0.4, 0.5) is 42.9 Å². The van der Waals surface area contributed by atoms with Gasteiger partial charge in [0.25, 0.3) is 0 Å². The van der Waals surface area contributed by atoms with E-state index in [1.54, 1.807) is 0 Å². The predicted octanol–water partition coefficient (Wildman–Crippen LogP) is 17.3. The molecule has 0 bridgehead atoms. The van der Waals surface area contributed by atoms with Gasteiger partial charge in [0, 0.05) is 67.2 Å². The van der Waals surface area contributed by atoms with E-state index in [0.29, 0.717) is 11.8 Å². The Morgan fingerprint density at radius 3 is 1.02 bits per heavy atom. The standard InChI is InChI=1S/C56H42F2N2O2/c1-33(2)35-13-21-39(22-14-35)59(41-25-17-37(57)18-26-41)47-31-51-53(45-11-7-5-9-43(45)47)55-49(61-51)29-30-50-56(55)54-46-12-8-6-10-44(46)48(32-52(54)62-50)60(42-27-19-38(58)20-28-42)40-23-15-36(16-24-40)34(3)4/h5-34H,1-4H3. The first kappa shape index (κ1) is 37.6. The minimum Gasteiger partial charge on any atom is -0.456 e. The number of halogens is 2. The van der Waals surface area contributed by atoms with Crippen LogP contribution in [-0.2, 0) is 0 Å². The monoisotopic (exact) mass is 812 g/mol. The Kier molecular flexibility index (Phi) is 8.86. The fourth-order valence-corrected chi connectivity index (χ4v) is 9.23. The minimum absolute atomic E-state index is 0.291. The van der Waals surface area contributed by atoms with E-state index in [1.807, 2.05) is 36.4 Å². The van der Waals surface area contributed by atoms with Crippen LogP contribution in [-0.4, -0.2) is 0 Å². The summed E-state index contributed by atoms with van der Waals surface area (Å²) in [6, 6.07) is 55.6. The van der Waals surface area contributed by atoms with E-state index in [1.165, 1.54) is 35.4 Å². The van der Waals surface area contributed by atoms with Gasteiger partial charge < -0.3 is 18.6 Å². The number of hydrogen-bond donors (Lipinski definition) is 0. The molecule has 0 unspecified atom stereocenters. The lowest BCUT2D eigenvalue weighted by Gasteiger charge is -2.27. The number of furan rings is 2. The van der Waals surface area contributed by atoms with Gasteiger partial charge >= 0.3 is 0 Å². The van der Waals surface area contributed by atoms with Crippen molar-refractivity contribution in [2.45, 2.75) is 39.5 Å². The van der Waals surface area contributed by atoms with Gasteiger partial charge in [-0.05, 0) is 119 Å². The lowest BCUT2D eigenvalue weighted by atomic mass is 9.96. The largest absolute Gasteiger partial charge is 0.456 e. The van der Waals surface area contributed by atoms with E-state index in [9.17, 15) is 8.78 Å². The lowest BCUT2D eigenvalue weighted by molar-refractivity contribution is 0.627. The molecular formula is C56H42F2N2O2. The third-order valence-corrected chi connectivity index (χ3v) is 12.3. The molecule has 6 heteroatoms. The van der Waals surface area contributed by atoms with Crippen molar-refractivity contribution in [3.8, 4) is 0 Å². The molecule has 2 aromatic heterocycles. The fraction of sp³-hybridized carbons (Fsp3) is 0.107. The second-order valence-corrected chi connectivity index (χ2v) is 16.8. The molecule has 0 saturated heterocycles. The normalized spacial score (nSPS) is 12.0. The molecule has 2 heterocycles. The van der Waals surface area contributed by atoms with Crippen molar-refractivity contribution in [3.05, 3.63) is 193 Å². The molecule has 11 rings (SSSR count). The maximum atomic E-state index is 14.4. The summed E-state index contributed by atoms with van der Waals surface area (Å²) in [5.74, 6) is 0.180. The Bertz CT molecular complexity index is 3240. The van der Waals surface area contributed by atoms with Crippen LogP contribution in [0.2, 0.25) is 0 Å². The van der Waals surface area contributed by atoms with Crippen LogP contribution in [0.1, 0.15) is 50.7 Å². The Morgan fingerprint density at radius 1 is 0.355 bits per heavy atom. The molecule has 0 aliphatic carbocycles. The molecular weight excluding hydrogens is 771 g/mol. The molecule has 0 N–H and O–H groups in total. The maximum Gasteiger partial charge on any atom is 0.138 e. The van der Waals surface area contributed by atoms with Gasteiger partial charge in [-0.2, -0.15) is 0 Å². The van der Waals surface area contributed by atoms with Gasteiger partial charge in [0.15, 0.2) is 0 Å². The smallest absolute Gasteiger partial charge is 0.138 e. The molecule has 302 valence electrons. The van der Waals surface area contributed by atoms with Gasteiger partial charge in [-0.1, -0.05) is 100 Å². The zero-order chi connectivity index (χ0) is 42.2. The highest BCUT2D eigenvalue weighted by molar-refractivity contribution is 6.35. The van der Waals surface area contributed by atoms with Gasteiger partial charge in [0.2, 0.25) is 0 Å². The quantitative estimate of drug-likeness (QED) is 0.153. The Balaban J connectivity index is 1.18. The van der Waals surface area contributed by atoms with Gasteiger partial charge in [-0.25, -0.2) is 8.78 Å². The Labute approximate surface area is 357 Å². The highest BCUT2D eigenvalue weighted by Gasteiger charge is 2.26. The third-order valence-electron chi connectivity index (χ3n) is 12.3. The average molecular weight is 813 g/mol. The number of rotatable bonds is 8. The van der Waals surface area contributed by atoms with Gasteiger partial charge in [0.1, 0.15) is 34.0 Å². The lowest BCUT2D eigenvalue weighted by Crippen LogP contribution is -2.11. The summed E-state index contributed by atoms with van der Waals surface area (Å²) in [5.41, 5.74) is 10.9. The molecule has 0 radical (unpaired) electrons.